The highest BCUT2D eigenvalue weighted by Gasteiger charge is 2.24. The second-order valence-electron chi connectivity index (χ2n) is 6.69. The number of phenols is 1. The van der Waals surface area contributed by atoms with Gasteiger partial charge < -0.3 is 10.2 Å². The fourth-order valence-corrected chi connectivity index (χ4v) is 1.82. The molecule has 2 heteroatoms. The molecular formula is C15H24O2. The topological polar surface area (TPSA) is 40.5 Å². The molecule has 0 heterocycles. The minimum atomic E-state index is -0.130. The Bertz CT molecular complexity index is 406. The van der Waals surface area contributed by atoms with Crippen LogP contribution in [-0.2, 0) is 17.4 Å². The molecular weight excluding hydrogens is 212 g/mol. The van der Waals surface area contributed by atoms with Gasteiger partial charge in [-0.1, -0.05) is 47.6 Å². The van der Waals surface area contributed by atoms with Crippen molar-refractivity contribution in [2.24, 2.45) is 0 Å². The van der Waals surface area contributed by atoms with E-state index in [-0.39, 0.29) is 23.2 Å². The van der Waals surface area contributed by atoms with Gasteiger partial charge in [0.15, 0.2) is 0 Å². The van der Waals surface area contributed by atoms with Gasteiger partial charge in [-0.3, -0.25) is 0 Å². The quantitative estimate of drug-likeness (QED) is 0.783. The summed E-state index contributed by atoms with van der Waals surface area (Å²) in [5, 5.41) is 19.5. The molecule has 2 N–H and O–H groups in total. The van der Waals surface area contributed by atoms with Crippen LogP contribution < -0.4 is 0 Å². The zero-order chi connectivity index (χ0) is 13.4. The Morgan fingerprint density at radius 1 is 0.941 bits per heavy atom. The molecule has 1 rings (SSSR count). The molecule has 0 fully saturated rings. The Kier molecular flexibility index (Phi) is 3.58. The van der Waals surface area contributed by atoms with Crippen molar-refractivity contribution in [2.45, 2.75) is 59.0 Å². The maximum Gasteiger partial charge on any atom is 0.124 e. The first-order chi connectivity index (χ1) is 7.57. The van der Waals surface area contributed by atoms with E-state index < -0.39 is 0 Å². The third-order valence-electron chi connectivity index (χ3n) is 3.03. The van der Waals surface area contributed by atoms with Crippen LogP contribution in [0.25, 0.3) is 0 Å². The van der Waals surface area contributed by atoms with Crippen LogP contribution in [0.4, 0.5) is 0 Å². The Labute approximate surface area is 104 Å². The first kappa shape index (κ1) is 14.0. The van der Waals surface area contributed by atoms with Crippen molar-refractivity contribution in [1.29, 1.82) is 0 Å². The second-order valence-corrected chi connectivity index (χ2v) is 6.69. The van der Waals surface area contributed by atoms with Gasteiger partial charge in [0.1, 0.15) is 5.75 Å². The first-order valence-electron chi connectivity index (χ1n) is 6.05. The van der Waals surface area contributed by atoms with E-state index >= 15 is 0 Å². The highest BCUT2D eigenvalue weighted by molar-refractivity contribution is 5.48. The van der Waals surface area contributed by atoms with Crippen molar-refractivity contribution >= 4 is 0 Å². The average molecular weight is 236 g/mol. The molecule has 0 bridgehead atoms. The second kappa shape index (κ2) is 4.34. The predicted octanol–water partition coefficient (Wildman–Crippen LogP) is 3.48. The number of hydrogen-bond donors (Lipinski definition) is 2. The lowest BCUT2D eigenvalue weighted by molar-refractivity contribution is 0.274. The van der Waals surface area contributed by atoms with Crippen molar-refractivity contribution in [3.05, 3.63) is 28.8 Å². The van der Waals surface area contributed by atoms with Crippen molar-refractivity contribution < 1.29 is 10.2 Å². The van der Waals surface area contributed by atoms with Gasteiger partial charge in [-0.2, -0.15) is 0 Å². The van der Waals surface area contributed by atoms with Gasteiger partial charge in [0.25, 0.3) is 0 Å². The number of benzene rings is 1. The summed E-state index contributed by atoms with van der Waals surface area (Å²) in [7, 11) is 0. The zero-order valence-electron chi connectivity index (χ0n) is 11.8. The minimum absolute atomic E-state index is 0.0115. The van der Waals surface area contributed by atoms with Crippen LogP contribution in [0.2, 0.25) is 0 Å². The Balaban J connectivity index is 3.50. The number of aromatic hydroxyl groups is 1. The van der Waals surface area contributed by atoms with Crippen LogP contribution >= 0.6 is 0 Å². The third-order valence-corrected chi connectivity index (χ3v) is 3.03. The van der Waals surface area contributed by atoms with Crippen molar-refractivity contribution in [1.82, 2.24) is 0 Å². The molecule has 0 aliphatic carbocycles. The molecule has 0 spiro atoms. The van der Waals surface area contributed by atoms with Crippen LogP contribution in [0.5, 0.6) is 5.75 Å². The standard InChI is InChI=1S/C15H24O2/c1-14(2,3)11-7-10(9-16)13(17)12(8-11)15(4,5)6/h7-8,16-17H,9H2,1-6H3. The molecule has 0 aliphatic rings. The lowest BCUT2D eigenvalue weighted by Crippen LogP contribution is -2.17. The van der Waals surface area contributed by atoms with Crippen LogP contribution in [0.1, 0.15) is 58.2 Å². The molecule has 0 aliphatic heterocycles. The fraction of sp³-hybridized carbons (Fsp3) is 0.600. The van der Waals surface area contributed by atoms with Gasteiger partial charge in [0.2, 0.25) is 0 Å². The van der Waals surface area contributed by atoms with Crippen LogP contribution in [0, 0.1) is 0 Å². The van der Waals surface area contributed by atoms with E-state index in [1.54, 1.807) is 0 Å². The van der Waals surface area contributed by atoms with Crippen molar-refractivity contribution in [3.63, 3.8) is 0 Å². The molecule has 0 amide bonds. The van der Waals surface area contributed by atoms with E-state index in [2.05, 4.69) is 47.6 Å². The molecule has 0 atom stereocenters. The van der Waals surface area contributed by atoms with E-state index in [1.165, 1.54) is 0 Å². The summed E-state index contributed by atoms with van der Waals surface area (Å²) in [5.74, 6) is 0.230. The van der Waals surface area contributed by atoms with E-state index in [9.17, 15) is 10.2 Å². The Hall–Kier alpha value is -1.02. The van der Waals surface area contributed by atoms with Gasteiger partial charge in [-0.05, 0) is 28.0 Å². The Morgan fingerprint density at radius 2 is 1.47 bits per heavy atom. The van der Waals surface area contributed by atoms with Gasteiger partial charge in [0, 0.05) is 5.56 Å². The average Bonchev–Trinajstić information content (AvgIpc) is 2.14. The van der Waals surface area contributed by atoms with Crippen LogP contribution in [0.3, 0.4) is 0 Å². The molecule has 0 radical (unpaired) electrons. The zero-order valence-corrected chi connectivity index (χ0v) is 11.8. The molecule has 2 nitrogen and oxygen atoms in total. The summed E-state index contributed by atoms with van der Waals surface area (Å²) in [6.07, 6.45) is 0. The van der Waals surface area contributed by atoms with Gasteiger partial charge >= 0.3 is 0 Å². The lowest BCUT2D eigenvalue weighted by atomic mass is 9.79. The van der Waals surface area contributed by atoms with Gasteiger partial charge in [0.05, 0.1) is 6.61 Å². The highest BCUT2D eigenvalue weighted by Crippen LogP contribution is 2.37. The predicted molar refractivity (Wildman–Crippen MR) is 71.4 cm³/mol. The highest BCUT2D eigenvalue weighted by atomic mass is 16.3. The van der Waals surface area contributed by atoms with E-state index in [0.717, 1.165) is 11.1 Å². The maximum atomic E-state index is 10.2. The molecule has 0 saturated heterocycles. The summed E-state index contributed by atoms with van der Waals surface area (Å²) in [4.78, 5) is 0. The van der Waals surface area contributed by atoms with E-state index in [0.29, 0.717) is 5.56 Å². The maximum absolute atomic E-state index is 10.2. The molecule has 17 heavy (non-hydrogen) atoms. The Morgan fingerprint density at radius 3 is 1.82 bits per heavy atom. The molecule has 1 aromatic carbocycles. The SMILES string of the molecule is CC(C)(C)c1cc(CO)c(O)c(C(C)(C)C)c1. The largest absolute Gasteiger partial charge is 0.507 e. The van der Waals surface area contributed by atoms with E-state index in [4.69, 9.17) is 0 Å². The number of aliphatic hydroxyl groups is 1. The van der Waals surface area contributed by atoms with Crippen molar-refractivity contribution in [3.8, 4) is 5.75 Å². The monoisotopic (exact) mass is 236 g/mol. The van der Waals surface area contributed by atoms with Crippen LogP contribution in [0.15, 0.2) is 12.1 Å². The summed E-state index contributed by atoms with van der Waals surface area (Å²) in [6, 6.07) is 3.94. The summed E-state index contributed by atoms with van der Waals surface area (Å²) < 4.78 is 0. The number of aliphatic hydroxyl groups excluding tert-OH is 1. The van der Waals surface area contributed by atoms with Crippen LogP contribution in [-0.4, -0.2) is 10.2 Å². The van der Waals surface area contributed by atoms with Crippen molar-refractivity contribution in [2.75, 3.05) is 0 Å². The van der Waals surface area contributed by atoms with E-state index in [1.807, 2.05) is 6.07 Å². The molecule has 0 saturated carbocycles. The molecule has 0 unspecified atom stereocenters. The number of hydrogen-bond acceptors (Lipinski definition) is 2. The normalized spacial score (nSPS) is 12.9. The summed E-state index contributed by atoms with van der Waals surface area (Å²) in [6.45, 7) is 12.5. The van der Waals surface area contributed by atoms with Gasteiger partial charge in [-0.15, -0.1) is 0 Å². The molecule has 1 aromatic rings. The lowest BCUT2D eigenvalue weighted by Gasteiger charge is -2.27. The smallest absolute Gasteiger partial charge is 0.124 e. The number of rotatable bonds is 1. The van der Waals surface area contributed by atoms with Gasteiger partial charge in [-0.25, -0.2) is 0 Å². The minimum Gasteiger partial charge on any atom is -0.507 e. The summed E-state index contributed by atoms with van der Waals surface area (Å²) in [5.41, 5.74) is 2.54. The third kappa shape index (κ3) is 3.01. The molecule has 0 aromatic heterocycles. The molecule has 96 valence electrons. The first-order valence-corrected chi connectivity index (χ1v) is 6.05. The fourth-order valence-electron chi connectivity index (χ4n) is 1.82. The summed E-state index contributed by atoms with van der Waals surface area (Å²) >= 11 is 0.